The van der Waals surface area contributed by atoms with Gasteiger partial charge in [-0.05, 0) is 41.7 Å². The second-order valence-electron chi connectivity index (χ2n) is 7.84. The zero-order valence-corrected chi connectivity index (χ0v) is 14.2. The van der Waals surface area contributed by atoms with Gasteiger partial charge in [-0.25, -0.2) is 0 Å². The van der Waals surface area contributed by atoms with Gasteiger partial charge in [0.2, 0.25) is 0 Å². The highest BCUT2D eigenvalue weighted by Gasteiger charge is 2.45. The third-order valence-corrected chi connectivity index (χ3v) is 5.49. The second kappa shape index (κ2) is 5.91. The van der Waals surface area contributed by atoms with Crippen LogP contribution in [0.25, 0.3) is 0 Å². The standard InChI is InChI=1S/C22H28/c1-4-18-15-21(2,3)17-22(16-18,19-11-7-5-8-12-19)20-13-9-6-10-14-20/h5-14,18H,4,15-17H2,1-3H3. The van der Waals surface area contributed by atoms with Crippen molar-refractivity contribution in [1.29, 1.82) is 0 Å². The molecule has 1 aliphatic rings. The Balaban J connectivity index is 2.15. The molecule has 0 saturated heterocycles. The summed E-state index contributed by atoms with van der Waals surface area (Å²) in [5.41, 5.74) is 3.55. The molecule has 0 heterocycles. The molecule has 1 saturated carbocycles. The summed E-state index contributed by atoms with van der Waals surface area (Å²) in [4.78, 5) is 0. The Labute approximate surface area is 135 Å². The first kappa shape index (κ1) is 15.3. The Hall–Kier alpha value is -1.56. The van der Waals surface area contributed by atoms with Crippen molar-refractivity contribution in [2.45, 2.75) is 51.9 Å². The average Bonchev–Trinajstić information content (AvgIpc) is 2.55. The van der Waals surface area contributed by atoms with E-state index in [0.717, 1.165) is 5.92 Å². The van der Waals surface area contributed by atoms with Crippen LogP contribution in [0.2, 0.25) is 0 Å². The van der Waals surface area contributed by atoms with E-state index in [1.54, 1.807) is 0 Å². The van der Waals surface area contributed by atoms with Gasteiger partial charge in [-0.3, -0.25) is 0 Å². The summed E-state index contributed by atoms with van der Waals surface area (Å²) in [5, 5.41) is 0. The van der Waals surface area contributed by atoms with Gasteiger partial charge < -0.3 is 0 Å². The molecule has 1 atom stereocenters. The molecular weight excluding hydrogens is 264 g/mol. The van der Waals surface area contributed by atoms with E-state index in [4.69, 9.17) is 0 Å². The number of benzene rings is 2. The molecular formula is C22H28. The molecule has 2 aromatic carbocycles. The van der Waals surface area contributed by atoms with Crippen LogP contribution in [-0.4, -0.2) is 0 Å². The lowest BCUT2D eigenvalue weighted by molar-refractivity contribution is 0.115. The van der Waals surface area contributed by atoms with Crippen molar-refractivity contribution < 1.29 is 0 Å². The molecule has 1 fully saturated rings. The lowest BCUT2D eigenvalue weighted by Gasteiger charge is -2.49. The van der Waals surface area contributed by atoms with Gasteiger partial charge in [0.1, 0.15) is 0 Å². The Morgan fingerprint density at radius 1 is 0.818 bits per heavy atom. The molecule has 0 heteroatoms. The van der Waals surface area contributed by atoms with E-state index in [2.05, 4.69) is 81.4 Å². The fourth-order valence-electron chi connectivity index (χ4n) is 4.72. The lowest BCUT2D eigenvalue weighted by Crippen LogP contribution is -2.41. The number of rotatable bonds is 3. The highest BCUT2D eigenvalue weighted by Crippen LogP contribution is 2.54. The molecule has 0 N–H and O–H groups in total. The van der Waals surface area contributed by atoms with Crippen LogP contribution < -0.4 is 0 Å². The van der Waals surface area contributed by atoms with Gasteiger partial charge in [0.15, 0.2) is 0 Å². The molecule has 116 valence electrons. The molecule has 22 heavy (non-hydrogen) atoms. The minimum atomic E-state index is 0.172. The SMILES string of the molecule is CCC1CC(C)(C)CC(c2ccccc2)(c2ccccc2)C1. The van der Waals surface area contributed by atoms with Crippen molar-refractivity contribution in [2.75, 3.05) is 0 Å². The topological polar surface area (TPSA) is 0 Å². The fraction of sp³-hybridized carbons (Fsp3) is 0.455. The fourth-order valence-corrected chi connectivity index (χ4v) is 4.72. The largest absolute Gasteiger partial charge is 0.0651 e. The normalized spacial score (nSPS) is 23.1. The molecule has 0 radical (unpaired) electrons. The van der Waals surface area contributed by atoms with Crippen molar-refractivity contribution in [2.24, 2.45) is 11.3 Å². The molecule has 1 aliphatic carbocycles. The minimum absolute atomic E-state index is 0.172. The molecule has 0 spiro atoms. The van der Waals surface area contributed by atoms with Gasteiger partial charge in [-0.1, -0.05) is 87.9 Å². The first-order chi connectivity index (χ1) is 10.6. The summed E-state index contributed by atoms with van der Waals surface area (Å²) >= 11 is 0. The van der Waals surface area contributed by atoms with Crippen molar-refractivity contribution in [3.63, 3.8) is 0 Å². The Bertz CT molecular complexity index is 555. The van der Waals surface area contributed by atoms with Gasteiger partial charge in [-0.15, -0.1) is 0 Å². The van der Waals surface area contributed by atoms with Gasteiger partial charge in [0.05, 0.1) is 0 Å². The summed E-state index contributed by atoms with van der Waals surface area (Å²) < 4.78 is 0. The van der Waals surface area contributed by atoms with Crippen molar-refractivity contribution >= 4 is 0 Å². The van der Waals surface area contributed by atoms with E-state index >= 15 is 0 Å². The van der Waals surface area contributed by atoms with E-state index < -0.39 is 0 Å². The lowest BCUT2D eigenvalue weighted by atomic mass is 9.55. The quantitative estimate of drug-likeness (QED) is 0.631. The summed E-state index contributed by atoms with van der Waals surface area (Å²) in [6, 6.07) is 22.4. The molecule has 0 aromatic heterocycles. The molecule has 0 nitrogen and oxygen atoms in total. The summed E-state index contributed by atoms with van der Waals surface area (Å²) in [5.74, 6) is 0.809. The van der Waals surface area contributed by atoms with Gasteiger partial charge in [-0.2, -0.15) is 0 Å². The van der Waals surface area contributed by atoms with E-state index in [-0.39, 0.29) is 5.41 Å². The monoisotopic (exact) mass is 292 g/mol. The highest BCUT2D eigenvalue weighted by molar-refractivity contribution is 5.40. The average molecular weight is 292 g/mol. The highest BCUT2D eigenvalue weighted by atomic mass is 14.5. The van der Waals surface area contributed by atoms with Crippen LogP contribution in [0.15, 0.2) is 60.7 Å². The summed E-state index contributed by atoms with van der Waals surface area (Å²) in [7, 11) is 0. The third-order valence-electron chi connectivity index (χ3n) is 5.49. The van der Waals surface area contributed by atoms with Crippen molar-refractivity contribution in [1.82, 2.24) is 0 Å². The smallest absolute Gasteiger partial charge is 0.0210 e. The molecule has 0 bridgehead atoms. The maximum Gasteiger partial charge on any atom is 0.0210 e. The van der Waals surface area contributed by atoms with E-state index in [0.29, 0.717) is 5.41 Å². The predicted molar refractivity (Wildman–Crippen MR) is 95.1 cm³/mol. The number of hydrogen-bond acceptors (Lipinski definition) is 0. The number of hydrogen-bond donors (Lipinski definition) is 0. The first-order valence-corrected chi connectivity index (χ1v) is 8.67. The van der Waals surface area contributed by atoms with Gasteiger partial charge in [0, 0.05) is 5.41 Å². The third kappa shape index (κ3) is 2.84. The van der Waals surface area contributed by atoms with Crippen LogP contribution in [-0.2, 0) is 5.41 Å². The summed E-state index contributed by atoms with van der Waals surface area (Å²) in [6.45, 7) is 7.26. The Morgan fingerprint density at radius 3 is 1.77 bits per heavy atom. The minimum Gasteiger partial charge on any atom is -0.0651 e. The maximum absolute atomic E-state index is 2.45. The Morgan fingerprint density at radius 2 is 1.32 bits per heavy atom. The molecule has 1 unspecified atom stereocenters. The van der Waals surface area contributed by atoms with E-state index in [1.807, 2.05) is 0 Å². The molecule has 0 amide bonds. The predicted octanol–water partition coefficient (Wildman–Crippen LogP) is 6.21. The summed E-state index contributed by atoms with van der Waals surface area (Å²) in [6.07, 6.45) is 5.15. The van der Waals surface area contributed by atoms with E-state index in [1.165, 1.54) is 36.8 Å². The Kier molecular flexibility index (Phi) is 4.12. The van der Waals surface area contributed by atoms with Crippen molar-refractivity contribution in [3.8, 4) is 0 Å². The van der Waals surface area contributed by atoms with Crippen LogP contribution in [0.1, 0.15) is 57.6 Å². The van der Waals surface area contributed by atoms with Crippen LogP contribution in [0.4, 0.5) is 0 Å². The van der Waals surface area contributed by atoms with Crippen LogP contribution in [0.3, 0.4) is 0 Å². The van der Waals surface area contributed by atoms with Crippen LogP contribution in [0, 0.1) is 11.3 Å². The van der Waals surface area contributed by atoms with Crippen LogP contribution >= 0.6 is 0 Å². The van der Waals surface area contributed by atoms with Crippen LogP contribution in [0.5, 0.6) is 0 Å². The van der Waals surface area contributed by atoms with E-state index in [9.17, 15) is 0 Å². The maximum atomic E-state index is 2.45. The first-order valence-electron chi connectivity index (χ1n) is 8.67. The molecule has 0 aliphatic heterocycles. The second-order valence-corrected chi connectivity index (χ2v) is 7.84. The van der Waals surface area contributed by atoms with Gasteiger partial charge >= 0.3 is 0 Å². The molecule has 3 rings (SSSR count). The van der Waals surface area contributed by atoms with Crippen molar-refractivity contribution in [3.05, 3.63) is 71.8 Å². The zero-order valence-electron chi connectivity index (χ0n) is 14.2. The van der Waals surface area contributed by atoms with Gasteiger partial charge in [0.25, 0.3) is 0 Å². The molecule has 2 aromatic rings. The zero-order chi connectivity index (χ0) is 15.6.